The number of H-pyrrole nitrogens is 1. The Hall–Kier alpha value is -1.55. The third kappa shape index (κ3) is 2.18. The number of fused-ring (bicyclic) bond motifs is 1. The lowest BCUT2D eigenvalue weighted by Crippen LogP contribution is -2.24. The SMILES string of the molecule is CCOC(=O)c1[nH]c2c(c1C)C(Cl)=C(C=O)C(C)(C)C2. The predicted octanol–water partition coefficient (Wildman–Crippen LogP) is 3.23. The summed E-state index contributed by atoms with van der Waals surface area (Å²) in [6, 6.07) is 0. The van der Waals surface area contributed by atoms with Gasteiger partial charge in [0.15, 0.2) is 0 Å². The van der Waals surface area contributed by atoms with E-state index < -0.39 is 5.97 Å². The number of ether oxygens (including phenoxy) is 1. The molecule has 1 N–H and O–H groups in total. The predicted molar refractivity (Wildman–Crippen MR) is 77.8 cm³/mol. The van der Waals surface area contributed by atoms with Crippen molar-refractivity contribution in [1.82, 2.24) is 4.98 Å². The van der Waals surface area contributed by atoms with Crippen LogP contribution in [0.2, 0.25) is 0 Å². The molecule has 4 nitrogen and oxygen atoms in total. The Labute approximate surface area is 123 Å². The van der Waals surface area contributed by atoms with Crippen LogP contribution >= 0.6 is 11.6 Å². The van der Waals surface area contributed by atoms with Gasteiger partial charge in [0.1, 0.15) is 12.0 Å². The Bertz CT molecular complexity index is 611. The van der Waals surface area contributed by atoms with Crippen LogP contribution in [0.25, 0.3) is 5.03 Å². The molecule has 0 radical (unpaired) electrons. The second-order valence-electron chi connectivity index (χ2n) is 5.61. The van der Waals surface area contributed by atoms with E-state index in [1.165, 1.54) is 0 Å². The Balaban J connectivity index is 2.60. The lowest BCUT2D eigenvalue weighted by Gasteiger charge is -2.30. The van der Waals surface area contributed by atoms with Gasteiger partial charge < -0.3 is 9.72 Å². The molecule has 108 valence electrons. The monoisotopic (exact) mass is 295 g/mol. The van der Waals surface area contributed by atoms with E-state index in [4.69, 9.17) is 16.3 Å². The normalized spacial score (nSPS) is 16.9. The molecule has 0 aliphatic heterocycles. The van der Waals surface area contributed by atoms with E-state index in [1.807, 2.05) is 20.8 Å². The molecule has 1 heterocycles. The first kappa shape index (κ1) is 14.9. The third-order valence-electron chi connectivity index (χ3n) is 3.73. The largest absolute Gasteiger partial charge is 0.461 e. The van der Waals surface area contributed by atoms with Crippen molar-refractivity contribution in [3.8, 4) is 0 Å². The highest BCUT2D eigenvalue weighted by Crippen LogP contribution is 2.45. The molecule has 0 atom stereocenters. The van der Waals surface area contributed by atoms with Crippen molar-refractivity contribution in [2.45, 2.75) is 34.1 Å². The fourth-order valence-electron chi connectivity index (χ4n) is 2.68. The molecule has 0 fully saturated rings. The smallest absolute Gasteiger partial charge is 0.355 e. The maximum Gasteiger partial charge on any atom is 0.355 e. The number of allylic oxidation sites excluding steroid dienone is 1. The number of hydrogen-bond donors (Lipinski definition) is 1. The average Bonchev–Trinajstić information content (AvgIpc) is 2.65. The number of halogens is 1. The summed E-state index contributed by atoms with van der Waals surface area (Å²) in [7, 11) is 0. The van der Waals surface area contributed by atoms with Gasteiger partial charge in [-0.2, -0.15) is 0 Å². The van der Waals surface area contributed by atoms with E-state index in [0.717, 1.165) is 23.1 Å². The number of aromatic amines is 1. The van der Waals surface area contributed by atoms with E-state index in [0.29, 0.717) is 29.3 Å². The molecular formula is C15H18ClNO3. The Morgan fingerprint density at radius 1 is 1.50 bits per heavy atom. The molecule has 1 aliphatic carbocycles. The maximum absolute atomic E-state index is 11.9. The van der Waals surface area contributed by atoms with Crippen molar-refractivity contribution in [2.24, 2.45) is 5.41 Å². The van der Waals surface area contributed by atoms with E-state index in [-0.39, 0.29) is 5.41 Å². The van der Waals surface area contributed by atoms with Gasteiger partial charge in [0.25, 0.3) is 0 Å². The summed E-state index contributed by atoms with van der Waals surface area (Å²) in [6.45, 7) is 7.81. The Morgan fingerprint density at radius 3 is 2.70 bits per heavy atom. The number of aromatic nitrogens is 1. The van der Waals surface area contributed by atoms with Gasteiger partial charge in [0.2, 0.25) is 0 Å². The van der Waals surface area contributed by atoms with Gasteiger partial charge in [-0.05, 0) is 31.2 Å². The molecule has 0 unspecified atom stereocenters. The van der Waals surface area contributed by atoms with Crippen molar-refractivity contribution in [3.63, 3.8) is 0 Å². The number of aldehydes is 1. The quantitative estimate of drug-likeness (QED) is 0.688. The van der Waals surface area contributed by atoms with Crippen LogP contribution in [-0.2, 0) is 16.0 Å². The van der Waals surface area contributed by atoms with Gasteiger partial charge in [-0.1, -0.05) is 25.4 Å². The minimum absolute atomic E-state index is 0.316. The molecule has 0 aromatic carbocycles. The van der Waals surface area contributed by atoms with Gasteiger partial charge in [0, 0.05) is 16.8 Å². The molecule has 0 amide bonds. The number of carbonyl (C=O) groups excluding carboxylic acids is 2. The van der Waals surface area contributed by atoms with Gasteiger partial charge in [-0.15, -0.1) is 0 Å². The summed E-state index contributed by atoms with van der Waals surface area (Å²) in [4.78, 5) is 26.3. The van der Waals surface area contributed by atoms with Crippen molar-refractivity contribution >= 4 is 28.9 Å². The summed E-state index contributed by atoms with van der Waals surface area (Å²) < 4.78 is 5.03. The third-order valence-corrected chi connectivity index (χ3v) is 4.12. The molecule has 0 saturated carbocycles. The molecular weight excluding hydrogens is 278 g/mol. The van der Waals surface area contributed by atoms with Crippen LogP contribution in [0.1, 0.15) is 48.1 Å². The van der Waals surface area contributed by atoms with E-state index in [1.54, 1.807) is 6.92 Å². The molecule has 1 aromatic rings. The van der Waals surface area contributed by atoms with Crippen molar-refractivity contribution in [3.05, 3.63) is 28.1 Å². The zero-order valence-electron chi connectivity index (χ0n) is 12.1. The number of esters is 1. The van der Waals surface area contributed by atoms with Gasteiger partial charge in [-0.3, -0.25) is 4.79 Å². The van der Waals surface area contributed by atoms with E-state index in [2.05, 4.69) is 4.98 Å². The first-order valence-electron chi connectivity index (χ1n) is 6.57. The Morgan fingerprint density at radius 2 is 2.15 bits per heavy atom. The van der Waals surface area contributed by atoms with Crippen LogP contribution in [0.3, 0.4) is 0 Å². The number of nitrogens with one attached hydrogen (secondary N) is 1. The number of carbonyl (C=O) groups is 2. The second kappa shape index (κ2) is 5.09. The van der Waals surface area contributed by atoms with Crippen molar-refractivity contribution in [1.29, 1.82) is 0 Å². The van der Waals surface area contributed by atoms with Crippen LogP contribution < -0.4 is 0 Å². The van der Waals surface area contributed by atoms with Crippen LogP contribution in [0.5, 0.6) is 0 Å². The van der Waals surface area contributed by atoms with Crippen LogP contribution in [0, 0.1) is 12.3 Å². The highest BCUT2D eigenvalue weighted by atomic mass is 35.5. The zero-order valence-corrected chi connectivity index (χ0v) is 12.9. The lowest BCUT2D eigenvalue weighted by atomic mass is 9.75. The standard InChI is InChI=1S/C15H18ClNO3/c1-5-20-14(19)13-8(2)11-10(17-13)6-15(3,4)9(7-18)12(11)16/h7,17H,5-6H2,1-4H3. The van der Waals surface area contributed by atoms with E-state index in [9.17, 15) is 9.59 Å². The molecule has 20 heavy (non-hydrogen) atoms. The highest BCUT2D eigenvalue weighted by Gasteiger charge is 2.36. The fraction of sp³-hybridized carbons (Fsp3) is 0.467. The summed E-state index contributed by atoms with van der Waals surface area (Å²) in [6.07, 6.45) is 1.44. The molecule has 5 heteroatoms. The minimum Gasteiger partial charge on any atom is -0.461 e. The topological polar surface area (TPSA) is 59.2 Å². The molecule has 1 aromatic heterocycles. The van der Waals surface area contributed by atoms with Gasteiger partial charge in [-0.25, -0.2) is 4.79 Å². The molecule has 0 bridgehead atoms. The molecule has 1 aliphatic rings. The number of rotatable bonds is 3. The number of hydrogen-bond acceptors (Lipinski definition) is 3. The van der Waals surface area contributed by atoms with Crippen molar-refractivity contribution < 1.29 is 14.3 Å². The molecule has 2 rings (SSSR count). The lowest BCUT2D eigenvalue weighted by molar-refractivity contribution is -0.105. The van der Waals surface area contributed by atoms with Gasteiger partial charge in [0.05, 0.1) is 11.6 Å². The molecule has 0 saturated heterocycles. The first-order valence-corrected chi connectivity index (χ1v) is 6.95. The summed E-state index contributed by atoms with van der Waals surface area (Å²) in [5, 5.41) is 0.426. The summed E-state index contributed by atoms with van der Waals surface area (Å²) >= 11 is 6.37. The minimum atomic E-state index is -0.394. The summed E-state index contributed by atoms with van der Waals surface area (Å²) in [5.74, 6) is -0.394. The zero-order chi connectivity index (χ0) is 15.1. The average molecular weight is 296 g/mol. The van der Waals surface area contributed by atoms with Crippen molar-refractivity contribution in [2.75, 3.05) is 6.61 Å². The Kier molecular flexibility index (Phi) is 3.78. The fourth-order valence-corrected chi connectivity index (χ4v) is 3.23. The molecule has 0 spiro atoms. The first-order chi connectivity index (χ1) is 9.33. The van der Waals surface area contributed by atoms with E-state index >= 15 is 0 Å². The van der Waals surface area contributed by atoms with Crippen LogP contribution in [-0.4, -0.2) is 23.8 Å². The van der Waals surface area contributed by atoms with Crippen LogP contribution in [0.4, 0.5) is 0 Å². The summed E-state index contributed by atoms with van der Waals surface area (Å²) in [5.41, 5.74) is 3.01. The second-order valence-corrected chi connectivity index (χ2v) is 5.98. The highest BCUT2D eigenvalue weighted by molar-refractivity contribution is 6.51. The van der Waals surface area contributed by atoms with Crippen LogP contribution in [0.15, 0.2) is 5.57 Å². The van der Waals surface area contributed by atoms with Gasteiger partial charge >= 0.3 is 5.97 Å². The maximum atomic E-state index is 11.9.